The molecule has 0 radical (unpaired) electrons. The number of aliphatic hydroxyl groups is 1. The predicted molar refractivity (Wildman–Crippen MR) is 128 cm³/mol. The van der Waals surface area contributed by atoms with Crippen LogP contribution in [0.3, 0.4) is 0 Å². The third-order valence-corrected chi connectivity index (χ3v) is 6.88. The lowest BCUT2D eigenvalue weighted by Crippen LogP contribution is -2.52. The van der Waals surface area contributed by atoms with Crippen molar-refractivity contribution in [3.8, 4) is 0 Å². The van der Waals surface area contributed by atoms with E-state index >= 15 is 0 Å². The Morgan fingerprint density at radius 2 is 2.11 bits per heavy atom. The summed E-state index contributed by atoms with van der Waals surface area (Å²) in [5, 5.41) is 21.2. The van der Waals surface area contributed by atoms with E-state index in [0.29, 0.717) is 28.5 Å². The molecular weight excluding hydrogens is 466 g/mol. The topological polar surface area (TPSA) is 166 Å². The van der Waals surface area contributed by atoms with Gasteiger partial charge in [-0.25, -0.2) is 9.97 Å². The summed E-state index contributed by atoms with van der Waals surface area (Å²) in [5.41, 5.74) is 0.859. The third kappa shape index (κ3) is 4.40. The number of benzene rings is 1. The van der Waals surface area contributed by atoms with E-state index in [1.54, 1.807) is 30.5 Å². The molecule has 0 saturated carbocycles. The number of hydrogen-bond acceptors (Lipinski definition) is 9. The Morgan fingerprint density at radius 1 is 1.25 bits per heavy atom. The average molecular weight is 494 g/mol. The molecule has 1 unspecified atom stereocenters. The molecule has 2 aromatic rings. The number of rotatable bonds is 7. The highest BCUT2D eigenvalue weighted by Crippen LogP contribution is 2.32. The van der Waals surface area contributed by atoms with Gasteiger partial charge in [0.2, 0.25) is 17.7 Å². The zero-order chi connectivity index (χ0) is 25.3. The lowest BCUT2D eigenvalue weighted by molar-refractivity contribution is -0.137. The van der Waals surface area contributed by atoms with Gasteiger partial charge >= 0.3 is 0 Å². The number of aromatic nitrogens is 2. The summed E-state index contributed by atoms with van der Waals surface area (Å²) >= 11 is 0. The van der Waals surface area contributed by atoms with Crippen molar-refractivity contribution < 1.29 is 24.3 Å². The Bertz CT molecular complexity index is 1230. The van der Waals surface area contributed by atoms with Gasteiger partial charge in [-0.2, -0.15) is 0 Å². The molecule has 2 fully saturated rings. The maximum absolute atomic E-state index is 13.0. The molecule has 4 amide bonds. The van der Waals surface area contributed by atoms with Crippen molar-refractivity contribution in [2.24, 2.45) is 0 Å². The number of nitrogens with zero attached hydrogens (tertiary/aromatic N) is 3. The van der Waals surface area contributed by atoms with Crippen LogP contribution in [0.5, 0.6) is 0 Å². The van der Waals surface area contributed by atoms with Crippen molar-refractivity contribution in [3.05, 3.63) is 47.4 Å². The van der Waals surface area contributed by atoms with Gasteiger partial charge in [0.15, 0.2) is 5.82 Å². The van der Waals surface area contributed by atoms with Crippen molar-refractivity contribution >= 4 is 35.1 Å². The summed E-state index contributed by atoms with van der Waals surface area (Å²) in [6, 6.07) is 5.96. The largest absolute Gasteiger partial charge is 0.394 e. The summed E-state index contributed by atoms with van der Waals surface area (Å²) in [6.45, 7) is 0.736. The van der Waals surface area contributed by atoms with Crippen LogP contribution in [-0.2, 0) is 26.5 Å². The van der Waals surface area contributed by atoms with Crippen LogP contribution in [0.2, 0.25) is 0 Å². The second-order valence-electron chi connectivity index (χ2n) is 9.17. The molecule has 1 aromatic carbocycles. The van der Waals surface area contributed by atoms with Crippen molar-refractivity contribution in [2.75, 3.05) is 30.3 Å². The lowest BCUT2D eigenvalue weighted by atomic mass is 9.97. The highest BCUT2D eigenvalue weighted by Gasteiger charge is 2.40. The lowest BCUT2D eigenvalue weighted by Gasteiger charge is -2.29. The third-order valence-electron chi connectivity index (χ3n) is 6.88. The smallest absolute Gasteiger partial charge is 0.255 e. The van der Waals surface area contributed by atoms with Crippen molar-refractivity contribution in [2.45, 2.75) is 43.8 Å². The fourth-order valence-electron chi connectivity index (χ4n) is 4.96. The highest BCUT2D eigenvalue weighted by atomic mass is 16.3. The van der Waals surface area contributed by atoms with E-state index in [9.17, 15) is 24.3 Å². The number of nitrogens with one attached hydrogen (secondary N) is 4. The SMILES string of the molecule is O=C1CCC(N2Cc3c(NC(=O)CNc4ccnc([C@@]5(CO)CCCN5)n4)cccc3C2=O)C(=O)N1. The number of imide groups is 1. The van der Waals surface area contributed by atoms with E-state index in [2.05, 4.69) is 31.2 Å². The molecule has 0 bridgehead atoms. The van der Waals surface area contributed by atoms with Crippen LogP contribution >= 0.6 is 0 Å². The van der Waals surface area contributed by atoms with Crippen LogP contribution in [0.1, 0.15) is 47.4 Å². The zero-order valence-electron chi connectivity index (χ0n) is 19.5. The molecule has 2 saturated heterocycles. The minimum absolute atomic E-state index is 0.0789. The van der Waals surface area contributed by atoms with Gasteiger partial charge in [0.05, 0.1) is 13.2 Å². The summed E-state index contributed by atoms with van der Waals surface area (Å²) < 4.78 is 0. The number of hydrogen-bond donors (Lipinski definition) is 5. The van der Waals surface area contributed by atoms with Crippen LogP contribution in [-0.4, -0.2) is 69.3 Å². The van der Waals surface area contributed by atoms with Crippen LogP contribution in [0.15, 0.2) is 30.5 Å². The number of piperidine rings is 1. The number of anilines is 2. The molecular formula is C24H27N7O5. The molecule has 5 rings (SSSR count). The summed E-state index contributed by atoms with van der Waals surface area (Å²) in [4.78, 5) is 59.7. The first kappa shape index (κ1) is 23.8. The van der Waals surface area contributed by atoms with Crippen LogP contribution in [0.25, 0.3) is 0 Å². The molecule has 4 heterocycles. The molecule has 1 aromatic heterocycles. The van der Waals surface area contributed by atoms with Gasteiger partial charge in [0, 0.05) is 36.0 Å². The van der Waals surface area contributed by atoms with Crippen molar-refractivity contribution in [1.82, 2.24) is 25.5 Å². The van der Waals surface area contributed by atoms with E-state index < -0.39 is 17.5 Å². The number of carbonyl (C=O) groups is 4. The Labute approximate surface area is 206 Å². The number of amides is 4. The molecule has 0 spiro atoms. The van der Waals surface area contributed by atoms with Crippen molar-refractivity contribution in [1.29, 1.82) is 0 Å². The van der Waals surface area contributed by atoms with E-state index in [4.69, 9.17) is 0 Å². The Hall–Kier alpha value is -3.90. The van der Waals surface area contributed by atoms with E-state index in [0.717, 1.165) is 19.4 Å². The molecule has 5 N–H and O–H groups in total. The average Bonchev–Trinajstić information content (AvgIpc) is 3.50. The zero-order valence-corrected chi connectivity index (χ0v) is 19.5. The number of carbonyl (C=O) groups excluding carboxylic acids is 4. The molecule has 2 atom stereocenters. The first-order valence-electron chi connectivity index (χ1n) is 11.9. The van der Waals surface area contributed by atoms with Crippen LogP contribution < -0.4 is 21.3 Å². The van der Waals surface area contributed by atoms with Gasteiger partial charge in [-0.3, -0.25) is 24.5 Å². The molecule has 36 heavy (non-hydrogen) atoms. The molecule has 3 aliphatic heterocycles. The minimum atomic E-state index is -0.726. The summed E-state index contributed by atoms with van der Waals surface area (Å²) in [7, 11) is 0. The van der Waals surface area contributed by atoms with E-state index in [-0.39, 0.29) is 50.3 Å². The maximum Gasteiger partial charge on any atom is 0.255 e. The molecule has 0 aliphatic carbocycles. The number of fused-ring (bicyclic) bond motifs is 1. The summed E-state index contributed by atoms with van der Waals surface area (Å²) in [6.07, 6.45) is 3.66. The molecule has 12 nitrogen and oxygen atoms in total. The minimum Gasteiger partial charge on any atom is -0.394 e. The Kier molecular flexibility index (Phi) is 6.37. The van der Waals surface area contributed by atoms with Gasteiger partial charge < -0.3 is 26.0 Å². The summed E-state index contributed by atoms with van der Waals surface area (Å²) in [5.74, 6) is -0.549. The molecule has 188 valence electrons. The number of aliphatic hydroxyl groups excluding tert-OH is 1. The normalized spacial score (nSPS) is 23.4. The predicted octanol–water partition coefficient (Wildman–Crippen LogP) is -0.141. The van der Waals surface area contributed by atoms with Gasteiger partial charge in [0.25, 0.3) is 5.91 Å². The highest BCUT2D eigenvalue weighted by molar-refractivity contribution is 6.07. The first-order valence-corrected chi connectivity index (χ1v) is 11.9. The van der Waals surface area contributed by atoms with Gasteiger partial charge in [0.1, 0.15) is 17.4 Å². The molecule has 12 heteroatoms. The standard InChI is InChI=1S/C24H27N7O5/c32-13-24(8-2-9-27-24)23-25-10-7-18(29-23)26-11-20(34)28-16-4-1-3-14-15(16)12-31(22(14)36)17-5-6-19(33)30-21(17)35/h1,3-4,7,10,17,27,32H,2,5-6,8-9,11-13H2,(H,28,34)(H,25,26,29)(H,30,33,35)/t17?,24-/m0/s1. The fourth-order valence-corrected chi connectivity index (χ4v) is 4.96. The van der Waals surface area contributed by atoms with Crippen LogP contribution in [0.4, 0.5) is 11.5 Å². The molecule has 3 aliphatic rings. The van der Waals surface area contributed by atoms with Gasteiger partial charge in [-0.15, -0.1) is 0 Å². The van der Waals surface area contributed by atoms with E-state index in [1.807, 2.05) is 0 Å². The maximum atomic E-state index is 13.0. The fraction of sp³-hybridized carbons (Fsp3) is 0.417. The van der Waals surface area contributed by atoms with Crippen LogP contribution in [0, 0.1) is 0 Å². The second-order valence-corrected chi connectivity index (χ2v) is 9.17. The van der Waals surface area contributed by atoms with Gasteiger partial charge in [-0.05, 0) is 44.0 Å². The first-order chi connectivity index (χ1) is 17.4. The van der Waals surface area contributed by atoms with Crippen molar-refractivity contribution in [3.63, 3.8) is 0 Å². The second kappa shape index (κ2) is 9.63. The van der Waals surface area contributed by atoms with E-state index in [1.165, 1.54) is 4.90 Å². The quantitative estimate of drug-likeness (QED) is 0.330. The van der Waals surface area contributed by atoms with Gasteiger partial charge in [-0.1, -0.05) is 6.07 Å². The Balaban J connectivity index is 1.24. The Morgan fingerprint density at radius 3 is 2.86 bits per heavy atom. The monoisotopic (exact) mass is 493 g/mol.